The Bertz CT molecular complexity index is 663. The van der Waals surface area contributed by atoms with Crippen LogP contribution in [0.25, 0.3) is 11.1 Å². The lowest BCUT2D eigenvalue weighted by Gasteiger charge is -2.03. The molecule has 0 saturated heterocycles. The number of nitro benzene ring substituents is 1. The maximum Gasteiger partial charge on any atom is 0.392 e. The monoisotopic (exact) mass is 280 g/mol. The summed E-state index contributed by atoms with van der Waals surface area (Å²) < 4.78 is 10.2. The molecule has 0 fully saturated rings. The number of nitro groups is 1. The minimum Gasteiger partial charge on any atom is -0.474 e. The number of aromatic carboxylic acids is 1. The van der Waals surface area contributed by atoms with E-state index in [1.807, 2.05) is 6.92 Å². The van der Waals surface area contributed by atoms with Crippen LogP contribution in [-0.2, 0) is 11.2 Å². The average Bonchev–Trinajstić information content (AvgIpc) is 2.83. The Hall–Kier alpha value is -2.48. The van der Waals surface area contributed by atoms with Gasteiger partial charge < -0.3 is 14.3 Å². The van der Waals surface area contributed by atoms with Crippen molar-refractivity contribution >= 4 is 22.8 Å². The molecule has 0 aliphatic heterocycles. The second-order valence-electron chi connectivity index (χ2n) is 3.94. The number of fused-ring (bicyclic) bond motifs is 1. The van der Waals surface area contributed by atoms with Crippen LogP contribution in [0.15, 0.2) is 16.5 Å². The van der Waals surface area contributed by atoms with Crippen LogP contribution in [0.1, 0.15) is 23.2 Å². The van der Waals surface area contributed by atoms with Crippen LogP contribution in [0.4, 0.5) is 5.69 Å². The van der Waals surface area contributed by atoms with Gasteiger partial charge in [0.25, 0.3) is 5.69 Å². The summed E-state index contributed by atoms with van der Waals surface area (Å²) in [5.74, 6) is -1.81. The lowest BCUT2D eigenvalue weighted by Crippen LogP contribution is -2.03. The zero-order chi connectivity index (χ0) is 14.7. The van der Waals surface area contributed by atoms with E-state index >= 15 is 0 Å². The number of oxazole rings is 1. The predicted molar refractivity (Wildman–Crippen MR) is 67.8 cm³/mol. The predicted octanol–water partition coefficient (Wildman–Crippen LogP) is 2.01. The Kier molecular flexibility index (Phi) is 3.94. The van der Waals surface area contributed by atoms with Crippen molar-refractivity contribution in [3.63, 3.8) is 0 Å². The number of rotatable bonds is 6. The second-order valence-corrected chi connectivity index (χ2v) is 3.94. The normalized spacial score (nSPS) is 10.8. The molecule has 8 nitrogen and oxygen atoms in total. The number of carboxylic acids is 1. The van der Waals surface area contributed by atoms with Crippen molar-refractivity contribution in [3.8, 4) is 0 Å². The van der Waals surface area contributed by atoms with Crippen molar-refractivity contribution in [1.29, 1.82) is 0 Å². The van der Waals surface area contributed by atoms with Crippen LogP contribution in [0.2, 0.25) is 0 Å². The fraction of sp³-hybridized carbons (Fsp3) is 0.333. The molecule has 2 rings (SSSR count). The van der Waals surface area contributed by atoms with Crippen LogP contribution in [0.5, 0.6) is 0 Å². The zero-order valence-electron chi connectivity index (χ0n) is 10.7. The molecule has 0 bridgehead atoms. The van der Waals surface area contributed by atoms with E-state index in [1.165, 1.54) is 12.1 Å². The Morgan fingerprint density at radius 3 is 2.90 bits per heavy atom. The van der Waals surface area contributed by atoms with E-state index < -0.39 is 16.8 Å². The fourth-order valence-corrected chi connectivity index (χ4v) is 1.87. The smallest absolute Gasteiger partial charge is 0.392 e. The molecule has 1 N–H and O–H groups in total. The Balaban J connectivity index is 2.53. The Labute approximate surface area is 113 Å². The lowest BCUT2D eigenvalue weighted by molar-refractivity contribution is -0.385. The molecule has 0 unspecified atom stereocenters. The van der Waals surface area contributed by atoms with Crippen molar-refractivity contribution in [2.75, 3.05) is 13.2 Å². The van der Waals surface area contributed by atoms with E-state index in [4.69, 9.17) is 14.3 Å². The Morgan fingerprint density at radius 1 is 1.55 bits per heavy atom. The molecule has 0 atom stereocenters. The number of carbonyl (C=O) groups is 1. The molecule has 8 heteroatoms. The molecule has 106 valence electrons. The summed E-state index contributed by atoms with van der Waals surface area (Å²) >= 11 is 0. The number of hydrogen-bond acceptors (Lipinski definition) is 6. The molecule has 20 heavy (non-hydrogen) atoms. The first-order chi connectivity index (χ1) is 9.54. The van der Waals surface area contributed by atoms with Gasteiger partial charge in [-0.3, -0.25) is 10.1 Å². The molecule has 0 saturated carbocycles. The van der Waals surface area contributed by atoms with Gasteiger partial charge in [-0.2, -0.15) is 0 Å². The number of nitrogens with zero attached hydrogens (tertiary/aromatic N) is 2. The number of carboxylic acid groups (broad SMARTS) is 1. The van der Waals surface area contributed by atoms with Crippen LogP contribution in [0.3, 0.4) is 0 Å². The molecule has 0 amide bonds. The minimum atomic E-state index is -1.32. The second kappa shape index (κ2) is 5.66. The summed E-state index contributed by atoms with van der Waals surface area (Å²) in [5, 5.41) is 19.9. The van der Waals surface area contributed by atoms with E-state index in [9.17, 15) is 14.9 Å². The highest BCUT2D eigenvalue weighted by atomic mass is 16.6. The summed E-state index contributed by atoms with van der Waals surface area (Å²) in [7, 11) is 0. The molecule has 0 aliphatic carbocycles. The van der Waals surface area contributed by atoms with Crippen LogP contribution in [0, 0.1) is 10.1 Å². The first-order valence-corrected chi connectivity index (χ1v) is 5.92. The van der Waals surface area contributed by atoms with Gasteiger partial charge in [0.15, 0.2) is 5.58 Å². The molecule has 2 aromatic rings. The summed E-state index contributed by atoms with van der Waals surface area (Å²) in [6.45, 7) is 2.59. The molecular weight excluding hydrogens is 268 g/mol. The average molecular weight is 280 g/mol. The first-order valence-electron chi connectivity index (χ1n) is 5.92. The molecule has 0 spiro atoms. The number of benzene rings is 1. The van der Waals surface area contributed by atoms with Crippen LogP contribution < -0.4 is 0 Å². The number of hydrogen-bond donors (Lipinski definition) is 1. The summed E-state index contributed by atoms with van der Waals surface area (Å²) in [4.78, 5) is 25.2. The first kappa shape index (κ1) is 13.9. The fourth-order valence-electron chi connectivity index (χ4n) is 1.87. The quantitative estimate of drug-likeness (QED) is 0.488. The highest BCUT2D eigenvalue weighted by molar-refractivity contribution is 5.89. The lowest BCUT2D eigenvalue weighted by atomic mass is 10.1. The maximum absolute atomic E-state index is 11.0. The summed E-state index contributed by atoms with van der Waals surface area (Å²) in [5.41, 5.74) is 0.593. The molecule has 1 heterocycles. The third-order valence-corrected chi connectivity index (χ3v) is 2.72. The molecule has 1 aromatic heterocycles. The standard InChI is InChI=1S/C12H12N2O6/c1-2-19-6-5-7-8(14(17)18)3-4-9-10(7)13-11(20-9)12(15)16/h3-4H,2,5-6H2,1H3,(H,15,16). The van der Waals surface area contributed by atoms with Crippen LogP contribution in [-0.4, -0.2) is 34.2 Å². The van der Waals surface area contributed by atoms with Gasteiger partial charge in [-0.05, 0) is 13.0 Å². The number of ether oxygens (including phenoxy) is 1. The minimum absolute atomic E-state index is 0.123. The molecule has 1 aromatic carbocycles. The summed E-state index contributed by atoms with van der Waals surface area (Å²) in [6, 6.07) is 2.62. The maximum atomic E-state index is 11.0. The highest BCUT2D eigenvalue weighted by Crippen LogP contribution is 2.28. The SMILES string of the molecule is CCOCCc1c([N+](=O)[O-])ccc2oc(C(=O)O)nc12. The van der Waals surface area contributed by atoms with E-state index in [1.54, 1.807) is 0 Å². The van der Waals surface area contributed by atoms with Gasteiger partial charge in [0, 0.05) is 19.1 Å². The van der Waals surface area contributed by atoms with Gasteiger partial charge in [0.2, 0.25) is 0 Å². The van der Waals surface area contributed by atoms with Crippen molar-refractivity contribution in [3.05, 3.63) is 33.7 Å². The van der Waals surface area contributed by atoms with E-state index in [0.717, 1.165) is 0 Å². The molecule has 0 radical (unpaired) electrons. The van der Waals surface area contributed by atoms with E-state index in [2.05, 4.69) is 4.98 Å². The largest absolute Gasteiger partial charge is 0.474 e. The van der Waals surface area contributed by atoms with E-state index in [0.29, 0.717) is 12.2 Å². The topological polar surface area (TPSA) is 116 Å². The van der Waals surface area contributed by atoms with Gasteiger partial charge in [-0.15, -0.1) is 0 Å². The molecular formula is C12H12N2O6. The third-order valence-electron chi connectivity index (χ3n) is 2.72. The van der Waals surface area contributed by atoms with Crippen molar-refractivity contribution in [1.82, 2.24) is 4.98 Å². The van der Waals surface area contributed by atoms with Crippen molar-refractivity contribution in [2.45, 2.75) is 13.3 Å². The number of aromatic nitrogens is 1. The van der Waals surface area contributed by atoms with Gasteiger partial charge >= 0.3 is 11.9 Å². The summed E-state index contributed by atoms with van der Waals surface area (Å²) in [6.07, 6.45) is 0.257. The van der Waals surface area contributed by atoms with E-state index in [-0.39, 0.29) is 29.8 Å². The van der Waals surface area contributed by atoms with Gasteiger partial charge in [0.05, 0.1) is 17.1 Å². The zero-order valence-corrected chi connectivity index (χ0v) is 10.7. The third kappa shape index (κ3) is 2.59. The van der Waals surface area contributed by atoms with Crippen molar-refractivity contribution < 1.29 is 24.0 Å². The van der Waals surface area contributed by atoms with Crippen LogP contribution >= 0.6 is 0 Å². The van der Waals surface area contributed by atoms with Gasteiger partial charge in [-0.1, -0.05) is 0 Å². The van der Waals surface area contributed by atoms with Gasteiger partial charge in [0.1, 0.15) is 5.52 Å². The molecule has 0 aliphatic rings. The van der Waals surface area contributed by atoms with Gasteiger partial charge in [-0.25, -0.2) is 9.78 Å². The van der Waals surface area contributed by atoms with Crippen molar-refractivity contribution in [2.24, 2.45) is 0 Å². The highest BCUT2D eigenvalue weighted by Gasteiger charge is 2.22. The Morgan fingerprint density at radius 2 is 2.30 bits per heavy atom.